The van der Waals surface area contributed by atoms with Crippen molar-refractivity contribution in [1.82, 2.24) is 0 Å². The molecule has 1 aliphatic carbocycles. The number of hydrogen-bond donors (Lipinski definition) is 2. The summed E-state index contributed by atoms with van der Waals surface area (Å²) in [5.74, 6) is -2.40. The van der Waals surface area contributed by atoms with E-state index in [2.05, 4.69) is 4.74 Å². The van der Waals surface area contributed by atoms with Gasteiger partial charge in [0.25, 0.3) is 0 Å². The Hall–Kier alpha value is -1.76. The van der Waals surface area contributed by atoms with Crippen LogP contribution in [0.15, 0.2) is 18.2 Å². The van der Waals surface area contributed by atoms with Crippen molar-refractivity contribution in [2.45, 2.75) is 30.9 Å². The van der Waals surface area contributed by atoms with Gasteiger partial charge in [-0.2, -0.15) is 8.78 Å². The first-order valence-electron chi connectivity index (χ1n) is 5.59. The lowest BCUT2D eigenvalue weighted by Crippen LogP contribution is -2.54. The van der Waals surface area contributed by atoms with E-state index in [0.29, 0.717) is 0 Å². The molecule has 0 aromatic heterocycles. The van der Waals surface area contributed by atoms with E-state index in [4.69, 9.17) is 5.73 Å². The minimum atomic E-state index is -3.06. The van der Waals surface area contributed by atoms with E-state index in [1.807, 2.05) is 0 Å². The summed E-state index contributed by atoms with van der Waals surface area (Å²) in [5.41, 5.74) is 4.14. The quantitative estimate of drug-likeness (QED) is 0.879. The van der Waals surface area contributed by atoms with Crippen LogP contribution in [0.4, 0.5) is 13.2 Å². The number of aliphatic carboxylic acids is 1. The van der Waals surface area contributed by atoms with Crippen LogP contribution in [0.2, 0.25) is 0 Å². The smallest absolute Gasteiger partial charge is 0.387 e. The zero-order valence-electron chi connectivity index (χ0n) is 9.78. The Kier molecular flexibility index (Phi) is 3.40. The van der Waals surface area contributed by atoms with Crippen molar-refractivity contribution >= 4 is 5.97 Å². The van der Waals surface area contributed by atoms with Crippen LogP contribution in [-0.2, 0) is 10.2 Å². The molecule has 1 aromatic rings. The summed E-state index contributed by atoms with van der Waals surface area (Å²) in [6, 6.07) is 2.75. The third kappa shape index (κ3) is 2.37. The largest absolute Gasteiger partial charge is 0.481 e. The number of ether oxygens (including phenoxy) is 1. The second kappa shape index (κ2) is 4.73. The molecule has 0 bridgehead atoms. The molecule has 104 valence electrons. The van der Waals surface area contributed by atoms with Gasteiger partial charge in [0.1, 0.15) is 11.6 Å². The van der Waals surface area contributed by atoms with Crippen molar-refractivity contribution in [3.05, 3.63) is 29.6 Å². The molecule has 0 saturated heterocycles. The van der Waals surface area contributed by atoms with Crippen molar-refractivity contribution < 1.29 is 27.8 Å². The number of nitrogens with two attached hydrogens (primary N) is 1. The van der Waals surface area contributed by atoms with Crippen molar-refractivity contribution in [1.29, 1.82) is 0 Å². The Balaban J connectivity index is 2.32. The van der Waals surface area contributed by atoms with Crippen LogP contribution in [0.25, 0.3) is 0 Å². The number of halogens is 3. The predicted octanol–water partition coefficient (Wildman–Crippen LogP) is 1.87. The maximum Gasteiger partial charge on any atom is 0.387 e. The molecule has 0 atom stereocenters. The fourth-order valence-electron chi connectivity index (χ4n) is 2.41. The SMILES string of the molecule is NC1CC(C(=O)O)(c2ccc(OC(F)F)cc2F)C1. The summed E-state index contributed by atoms with van der Waals surface area (Å²) in [5, 5.41) is 9.22. The molecule has 2 rings (SSSR count). The van der Waals surface area contributed by atoms with Crippen molar-refractivity contribution in [2.75, 3.05) is 0 Å². The highest BCUT2D eigenvalue weighted by Gasteiger charge is 2.51. The molecule has 1 saturated carbocycles. The maximum atomic E-state index is 13.9. The van der Waals surface area contributed by atoms with Crippen LogP contribution in [0.3, 0.4) is 0 Å². The highest BCUT2D eigenvalue weighted by molar-refractivity contribution is 5.83. The Morgan fingerprint density at radius 3 is 2.53 bits per heavy atom. The summed E-state index contributed by atoms with van der Waals surface area (Å²) in [4.78, 5) is 11.3. The zero-order valence-corrected chi connectivity index (χ0v) is 9.78. The van der Waals surface area contributed by atoms with E-state index in [9.17, 15) is 23.1 Å². The Morgan fingerprint density at radius 2 is 2.11 bits per heavy atom. The number of rotatable bonds is 4. The lowest BCUT2D eigenvalue weighted by molar-refractivity contribution is -0.148. The topological polar surface area (TPSA) is 72.6 Å². The molecule has 1 aromatic carbocycles. The van der Waals surface area contributed by atoms with Gasteiger partial charge in [-0.3, -0.25) is 4.79 Å². The van der Waals surface area contributed by atoms with E-state index in [1.165, 1.54) is 0 Å². The number of benzene rings is 1. The Labute approximate surface area is 107 Å². The first kappa shape index (κ1) is 13.7. The minimum absolute atomic E-state index is 0.0525. The lowest BCUT2D eigenvalue weighted by atomic mass is 9.61. The summed E-state index contributed by atoms with van der Waals surface area (Å²) >= 11 is 0. The van der Waals surface area contributed by atoms with Crippen LogP contribution in [0, 0.1) is 5.82 Å². The first-order valence-corrected chi connectivity index (χ1v) is 5.59. The van der Waals surface area contributed by atoms with E-state index in [-0.39, 0.29) is 30.2 Å². The third-order valence-corrected chi connectivity index (χ3v) is 3.31. The van der Waals surface area contributed by atoms with E-state index in [0.717, 1.165) is 18.2 Å². The zero-order chi connectivity index (χ0) is 14.2. The molecule has 7 heteroatoms. The molecular weight excluding hydrogens is 263 g/mol. The second-order valence-electron chi connectivity index (χ2n) is 4.58. The summed E-state index contributed by atoms with van der Waals surface area (Å²) < 4.78 is 41.9. The van der Waals surface area contributed by atoms with E-state index in [1.54, 1.807) is 0 Å². The fourth-order valence-corrected chi connectivity index (χ4v) is 2.41. The number of hydrogen-bond acceptors (Lipinski definition) is 3. The van der Waals surface area contributed by atoms with Crippen LogP contribution in [-0.4, -0.2) is 23.7 Å². The molecule has 0 spiro atoms. The number of carboxylic acids is 1. The van der Waals surface area contributed by atoms with Gasteiger partial charge >= 0.3 is 12.6 Å². The molecule has 0 unspecified atom stereocenters. The summed E-state index contributed by atoms with van der Waals surface area (Å²) in [6.07, 6.45) is 0.239. The van der Waals surface area contributed by atoms with E-state index >= 15 is 0 Å². The van der Waals surface area contributed by atoms with Gasteiger partial charge in [-0.25, -0.2) is 4.39 Å². The summed E-state index contributed by atoms with van der Waals surface area (Å²) in [7, 11) is 0. The molecule has 0 heterocycles. The minimum Gasteiger partial charge on any atom is -0.481 e. The lowest BCUT2D eigenvalue weighted by Gasteiger charge is -2.43. The fraction of sp³-hybridized carbons (Fsp3) is 0.417. The average molecular weight is 275 g/mol. The molecule has 1 aliphatic rings. The van der Waals surface area contributed by atoms with Crippen LogP contribution in [0.1, 0.15) is 18.4 Å². The normalized spacial score (nSPS) is 26.1. The standard InChI is InChI=1S/C12H12F3NO3/c13-9-3-7(19-11(14)15)1-2-8(9)12(10(17)18)4-6(16)5-12/h1-3,6,11H,4-5,16H2,(H,17,18). The third-order valence-electron chi connectivity index (χ3n) is 3.31. The van der Waals surface area contributed by atoms with Gasteiger partial charge in [-0.05, 0) is 18.9 Å². The van der Waals surface area contributed by atoms with Crippen LogP contribution >= 0.6 is 0 Å². The average Bonchev–Trinajstić information content (AvgIpc) is 2.24. The van der Waals surface area contributed by atoms with Gasteiger partial charge in [0.2, 0.25) is 0 Å². The molecule has 3 N–H and O–H groups in total. The van der Waals surface area contributed by atoms with Crippen LogP contribution in [0.5, 0.6) is 5.75 Å². The molecule has 0 aliphatic heterocycles. The molecule has 19 heavy (non-hydrogen) atoms. The molecular formula is C12H12F3NO3. The Morgan fingerprint density at radius 1 is 1.47 bits per heavy atom. The van der Waals surface area contributed by atoms with Gasteiger partial charge in [-0.1, -0.05) is 6.07 Å². The predicted molar refractivity (Wildman–Crippen MR) is 59.6 cm³/mol. The van der Waals surface area contributed by atoms with Gasteiger partial charge < -0.3 is 15.6 Å². The van der Waals surface area contributed by atoms with Crippen molar-refractivity contribution in [3.8, 4) is 5.75 Å². The monoisotopic (exact) mass is 275 g/mol. The van der Waals surface area contributed by atoms with Crippen molar-refractivity contribution in [3.63, 3.8) is 0 Å². The van der Waals surface area contributed by atoms with Crippen LogP contribution < -0.4 is 10.5 Å². The van der Waals surface area contributed by atoms with E-state index < -0.39 is 23.8 Å². The summed E-state index contributed by atoms with van der Waals surface area (Å²) in [6.45, 7) is -3.06. The molecule has 0 radical (unpaired) electrons. The van der Waals surface area contributed by atoms with Gasteiger partial charge in [0.15, 0.2) is 0 Å². The molecule has 4 nitrogen and oxygen atoms in total. The highest BCUT2D eigenvalue weighted by atomic mass is 19.3. The molecule has 0 amide bonds. The van der Waals surface area contributed by atoms with Gasteiger partial charge in [0.05, 0.1) is 5.41 Å². The van der Waals surface area contributed by atoms with Crippen molar-refractivity contribution in [2.24, 2.45) is 5.73 Å². The number of carboxylic acid groups (broad SMARTS) is 1. The number of alkyl halides is 2. The Bertz CT molecular complexity index is 501. The second-order valence-corrected chi connectivity index (χ2v) is 4.58. The first-order chi connectivity index (χ1) is 8.85. The number of carbonyl (C=O) groups is 1. The van der Waals surface area contributed by atoms with Gasteiger partial charge in [0, 0.05) is 17.7 Å². The highest BCUT2D eigenvalue weighted by Crippen LogP contribution is 2.44. The maximum absolute atomic E-state index is 13.9. The van der Waals surface area contributed by atoms with Gasteiger partial charge in [-0.15, -0.1) is 0 Å². The molecule has 1 fully saturated rings.